The van der Waals surface area contributed by atoms with Gasteiger partial charge in [-0.15, -0.1) is 0 Å². The van der Waals surface area contributed by atoms with Gasteiger partial charge in [0, 0.05) is 6.42 Å². The Bertz CT molecular complexity index is 858. The number of hydrogen-bond donors (Lipinski definition) is 1. The number of fused-ring (bicyclic) bond motifs is 1. The van der Waals surface area contributed by atoms with Crippen LogP contribution in [-0.2, 0) is 12.8 Å². The van der Waals surface area contributed by atoms with E-state index < -0.39 is 0 Å². The second kappa shape index (κ2) is 8.58. The molecule has 0 aliphatic heterocycles. The van der Waals surface area contributed by atoms with Crippen LogP contribution < -0.4 is 5.56 Å². The maximum atomic E-state index is 12.1. The molecule has 0 unspecified atom stereocenters. The molecule has 0 radical (unpaired) electrons. The van der Waals surface area contributed by atoms with E-state index >= 15 is 0 Å². The van der Waals surface area contributed by atoms with Crippen molar-refractivity contribution in [2.24, 2.45) is 0 Å². The van der Waals surface area contributed by atoms with E-state index in [4.69, 9.17) is 0 Å². The summed E-state index contributed by atoms with van der Waals surface area (Å²) in [6.45, 7) is 2.09. The van der Waals surface area contributed by atoms with Crippen LogP contribution in [0.1, 0.15) is 24.2 Å². The zero-order valence-electron chi connectivity index (χ0n) is 14.7. The monoisotopic (exact) mass is 335 g/mol. The number of rotatable bonds is 8. The number of H-pyrrole nitrogens is 1. The minimum absolute atomic E-state index is 0.0446. The topological polar surface area (TPSA) is 49.0 Å². The molecular formula is C21H25N3O. The molecule has 0 saturated carbocycles. The Morgan fingerprint density at radius 2 is 1.60 bits per heavy atom. The van der Waals surface area contributed by atoms with E-state index in [0.29, 0.717) is 5.39 Å². The van der Waals surface area contributed by atoms with E-state index in [-0.39, 0.29) is 5.56 Å². The smallest absolute Gasteiger partial charge is 0.258 e. The number of hydrogen-bond acceptors (Lipinski definition) is 3. The highest BCUT2D eigenvalue weighted by molar-refractivity contribution is 5.77. The number of nitrogens with zero attached hydrogens (tertiary/aromatic N) is 2. The van der Waals surface area contributed by atoms with Crippen molar-refractivity contribution in [3.63, 3.8) is 0 Å². The van der Waals surface area contributed by atoms with E-state index in [2.05, 4.69) is 52.2 Å². The van der Waals surface area contributed by atoms with Crippen molar-refractivity contribution in [2.75, 3.05) is 20.1 Å². The van der Waals surface area contributed by atoms with Gasteiger partial charge in [-0.05, 0) is 57.1 Å². The molecule has 0 bridgehead atoms. The molecule has 0 aliphatic rings. The van der Waals surface area contributed by atoms with Crippen molar-refractivity contribution < 1.29 is 0 Å². The Morgan fingerprint density at radius 3 is 2.40 bits per heavy atom. The summed E-state index contributed by atoms with van der Waals surface area (Å²) in [4.78, 5) is 21.9. The lowest BCUT2D eigenvalue weighted by Crippen LogP contribution is -2.22. The van der Waals surface area contributed by atoms with Gasteiger partial charge >= 0.3 is 0 Å². The molecule has 3 rings (SSSR count). The summed E-state index contributed by atoms with van der Waals surface area (Å²) in [5, 5.41) is 0.657. The zero-order valence-corrected chi connectivity index (χ0v) is 14.7. The summed E-state index contributed by atoms with van der Waals surface area (Å²) in [5.74, 6) is 0.779. The lowest BCUT2D eigenvalue weighted by molar-refractivity contribution is 0.324. The Kier molecular flexibility index (Phi) is 5.96. The summed E-state index contributed by atoms with van der Waals surface area (Å²) in [7, 11) is 2.15. The van der Waals surface area contributed by atoms with Crippen molar-refractivity contribution >= 4 is 10.9 Å². The van der Waals surface area contributed by atoms with E-state index in [1.807, 2.05) is 24.3 Å². The average molecular weight is 335 g/mol. The molecule has 0 saturated heterocycles. The second-order valence-corrected chi connectivity index (χ2v) is 6.53. The number of aromatic amines is 1. The quantitative estimate of drug-likeness (QED) is 0.686. The molecule has 25 heavy (non-hydrogen) atoms. The fraction of sp³-hybridized carbons (Fsp3) is 0.333. The van der Waals surface area contributed by atoms with E-state index in [1.54, 1.807) is 0 Å². The van der Waals surface area contributed by atoms with Crippen LogP contribution >= 0.6 is 0 Å². The number of para-hydroxylation sites is 1. The first-order chi connectivity index (χ1) is 12.2. The highest BCUT2D eigenvalue weighted by atomic mass is 16.1. The third-order valence-corrected chi connectivity index (χ3v) is 4.46. The van der Waals surface area contributed by atoms with Crippen LogP contribution in [0, 0.1) is 0 Å². The van der Waals surface area contributed by atoms with Crippen molar-refractivity contribution in [1.82, 2.24) is 14.9 Å². The van der Waals surface area contributed by atoms with Crippen LogP contribution in [-0.4, -0.2) is 35.0 Å². The number of nitrogens with one attached hydrogen (secondary N) is 1. The van der Waals surface area contributed by atoms with Gasteiger partial charge in [0.2, 0.25) is 0 Å². The predicted molar refractivity (Wildman–Crippen MR) is 103 cm³/mol. The van der Waals surface area contributed by atoms with Gasteiger partial charge in [-0.2, -0.15) is 0 Å². The molecule has 1 aromatic heterocycles. The maximum Gasteiger partial charge on any atom is 0.258 e. The van der Waals surface area contributed by atoms with Gasteiger partial charge in [0.15, 0.2) is 0 Å². The number of aryl methyl sites for hydroxylation is 2. The molecule has 4 heteroatoms. The first kappa shape index (κ1) is 17.4. The largest absolute Gasteiger partial charge is 0.310 e. The van der Waals surface area contributed by atoms with Gasteiger partial charge < -0.3 is 9.88 Å². The van der Waals surface area contributed by atoms with Crippen LogP contribution in [0.2, 0.25) is 0 Å². The minimum atomic E-state index is -0.0446. The molecule has 4 nitrogen and oxygen atoms in total. The summed E-state index contributed by atoms with van der Waals surface area (Å²) >= 11 is 0. The standard InChI is InChI=1S/C21H25N3O/c1-24(15-7-11-17-9-3-2-4-10-17)16-8-14-20-22-19-13-6-5-12-18(19)21(25)23-20/h2-6,9-10,12-13H,7-8,11,14-16H2,1H3,(H,22,23,25). The molecule has 1 heterocycles. The third kappa shape index (κ3) is 5.00. The van der Waals surface area contributed by atoms with Crippen molar-refractivity contribution in [3.05, 3.63) is 76.3 Å². The Balaban J connectivity index is 1.44. The molecule has 0 aliphatic carbocycles. The fourth-order valence-electron chi connectivity index (χ4n) is 3.08. The van der Waals surface area contributed by atoms with Gasteiger partial charge in [0.25, 0.3) is 5.56 Å². The lowest BCUT2D eigenvalue weighted by Gasteiger charge is -2.16. The molecular weight excluding hydrogens is 310 g/mol. The van der Waals surface area contributed by atoms with Crippen molar-refractivity contribution in [1.29, 1.82) is 0 Å². The van der Waals surface area contributed by atoms with Crippen LogP contribution in [0.5, 0.6) is 0 Å². The predicted octanol–water partition coefficient (Wildman–Crippen LogP) is 3.42. The lowest BCUT2D eigenvalue weighted by atomic mass is 10.1. The zero-order chi connectivity index (χ0) is 17.5. The first-order valence-electron chi connectivity index (χ1n) is 8.93. The van der Waals surface area contributed by atoms with E-state index in [9.17, 15) is 4.79 Å². The van der Waals surface area contributed by atoms with Gasteiger partial charge in [-0.25, -0.2) is 4.98 Å². The molecule has 2 aromatic carbocycles. The fourth-order valence-corrected chi connectivity index (χ4v) is 3.08. The van der Waals surface area contributed by atoms with Gasteiger partial charge in [0.1, 0.15) is 5.82 Å². The van der Waals surface area contributed by atoms with Gasteiger partial charge in [0.05, 0.1) is 10.9 Å². The molecule has 3 aromatic rings. The molecule has 0 fully saturated rings. The summed E-state index contributed by atoms with van der Waals surface area (Å²) in [6, 6.07) is 18.1. The highest BCUT2D eigenvalue weighted by Gasteiger charge is 2.04. The SMILES string of the molecule is CN(CCCc1ccccc1)CCCc1nc2ccccc2c(=O)[nH]1. The van der Waals surface area contributed by atoms with Gasteiger partial charge in [-0.3, -0.25) is 4.79 Å². The maximum absolute atomic E-state index is 12.1. The molecule has 0 atom stereocenters. The molecule has 130 valence electrons. The van der Waals surface area contributed by atoms with Crippen molar-refractivity contribution in [2.45, 2.75) is 25.7 Å². The molecule has 1 N–H and O–H groups in total. The van der Waals surface area contributed by atoms with Crippen LogP contribution in [0.15, 0.2) is 59.4 Å². The summed E-state index contributed by atoms with van der Waals surface area (Å²) < 4.78 is 0. The summed E-state index contributed by atoms with van der Waals surface area (Å²) in [6.07, 6.45) is 4.06. The number of benzene rings is 2. The molecule has 0 spiro atoms. The Morgan fingerprint density at radius 1 is 0.920 bits per heavy atom. The number of aromatic nitrogens is 2. The second-order valence-electron chi connectivity index (χ2n) is 6.53. The third-order valence-electron chi connectivity index (χ3n) is 4.46. The van der Waals surface area contributed by atoms with Crippen molar-refractivity contribution in [3.8, 4) is 0 Å². The first-order valence-corrected chi connectivity index (χ1v) is 8.93. The minimum Gasteiger partial charge on any atom is -0.310 e. The highest BCUT2D eigenvalue weighted by Crippen LogP contribution is 2.07. The average Bonchev–Trinajstić information content (AvgIpc) is 2.63. The molecule has 0 amide bonds. The summed E-state index contributed by atoms with van der Waals surface area (Å²) in [5.41, 5.74) is 2.13. The van der Waals surface area contributed by atoms with Crippen LogP contribution in [0.4, 0.5) is 0 Å². The van der Waals surface area contributed by atoms with Gasteiger partial charge in [-0.1, -0.05) is 42.5 Å². The van der Waals surface area contributed by atoms with Crippen LogP contribution in [0.25, 0.3) is 10.9 Å². The van der Waals surface area contributed by atoms with E-state index in [0.717, 1.165) is 50.1 Å². The normalized spacial score (nSPS) is 11.3. The Labute approximate surface area is 148 Å². The Hall–Kier alpha value is -2.46. The van der Waals surface area contributed by atoms with E-state index in [1.165, 1.54) is 5.56 Å². The van der Waals surface area contributed by atoms with Crippen LogP contribution in [0.3, 0.4) is 0 Å².